The zero-order valence-electron chi connectivity index (χ0n) is 13.0. The van der Waals surface area contributed by atoms with Crippen LogP contribution in [-0.2, 0) is 11.2 Å². The van der Waals surface area contributed by atoms with Gasteiger partial charge in [0.15, 0.2) is 0 Å². The molecule has 1 aliphatic carbocycles. The highest BCUT2D eigenvalue weighted by Gasteiger charge is 2.20. The summed E-state index contributed by atoms with van der Waals surface area (Å²) in [5, 5.41) is 5.03. The molecule has 3 heteroatoms. The number of fused-ring (bicyclic) bond motifs is 1. The molecule has 0 spiro atoms. The number of thioether (sulfide) groups is 1. The summed E-state index contributed by atoms with van der Waals surface area (Å²) in [6, 6.07) is 6.92. The summed E-state index contributed by atoms with van der Waals surface area (Å²) in [4.78, 5) is 12.3. The predicted molar refractivity (Wildman–Crippen MR) is 90.7 cm³/mol. The maximum atomic E-state index is 10.9. The molecule has 114 valence electrons. The lowest BCUT2D eigenvalue weighted by Crippen LogP contribution is -2.21. The van der Waals surface area contributed by atoms with Crippen LogP contribution in [0.15, 0.2) is 34.6 Å². The van der Waals surface area contributed by atoms with Gasteiger partial charge in [0.1, 0.15) is 0 Å². The van der Waals surface area contributed by atoms with E-state index in [9.17, 15) is 4.79 Å². The largest absolute Gasteiger partial charge is 0.356 e. The summed E-state index contributed by atoms with van der Waals surface area (Å²) >= 11 is 1.79. The van der Waals surface area contributed by atoms with Crippen LogP contribution in [0.2, 0.25) is 0 Å². The van der Waals surface area contributed by atoms with Crippen LogP contribution >= 0.6 is 11.8 Å². The van der Waals surface area contributed by atoms with E-state index in [0.29, 0.717) is 5.92 Å². The average molecular weight is 303 g/mol. The van der Waals surface area contributed by atoms with Crippen molar-refractivity contribution in [3.05, 3.63) is 40.8 Å². The van der Waals surface area contributed by atoms with Gasteiger partial charge < -0.3 is 5.32 Å². The Kier molecular flexibility index (Phi) is 6.37. The molecule has 1 amide bonds. The third kappa shape index (κ3) is 4.92. The molecule has 2 nitrogen and oxygen atoms in total. The smallest absolute Gasteiger partial charge is 0.216 e. The van der Waals surface area contributed by atoms with Gasteiger partial charge in [0.05, 0.1) is 0 Å². The van der Waals surface area contributed by atoms with Gasteiger partial charge in [-0.15, -0.1) is 0 Å². The lowest BCUT2D eigenvalue weighted by atomic mass is 9.80. The quantitative estimate of drug-likeness (QED) is 0.612. The number of hydrogen-bond donors (Lipinski definition) is 1. The molecule has 0 aliphatic heterocycles. The number of nitrogens with one attached hydrogen (secondary N) is 1. The molecule has 0 radical (unpaired) electrons. The van der Waals surface area contributed by atoms with Crippen LogP contribution < -0.4 is 5.32 Å². The lowest BCUT2D eigenvalue weighted by molar-refractivity contribution is -0.118. The zero-order valence-corrected chi connectivity index (χ0v) is 13.8. The fourth-order valence-electron chi connectivity index (χ4n) is 3.01. The molecular weight excluding hydrogens is 278 g/mol. The Morgan fingerprint density at radius 1 is 1.48 bits per heavy atom. The first-order valence-electron chi connectivity index (χ1n) is 7.85. The predicted octanol–water partition coefficient (Wildman–Crippen LogP) is 4.65. The molecular formula is C18H25NOS. The number of amides is 1. The Hall–Kier alpha value is -1.22. The van der Waals surface area contributed by atoms with Gasteiger partial charge in [-0.2, -0.15) is 0 Å². The Morgan fingerprint density at radius 2 is 2.33 bits per heavy atom. The number of carbonyl (C=O) groups excluding carboxylic acids is 1. The van der Waals surface area contributed by atoms with Gasteiger partial charge >= 0.3 is 0 Å². The minimum absolute atomic E-state index is 0.0732. The highest BCUT2D eigenvalue weighted by Crippen LogP contribution is 2.37. The normalized spacial score (nSPS) is 17.7. The molecule has 0 aromatic heterocycles. The molecule has 1 N–H and O–H groups in total. The van der Waals surface area contributed by atoms with Crippen LogP contribution in [0.5, 0.6) is 0 Å². The van der Waals surface area contributed by atoms with Gasteiger partial charge in [-0.3, -0.25) is 4.79 Å². The first-order chi connectivity index (χ1) is 10.2. The van der Waals surface area contributed by atoms with E-state index in [2.05, 4.69) is 41.9 Å². The summed E-state index contributed by atoms with van der Waals surface area (Å²) in [5.74, 6) is 0.734. The van der Waals surface area contributed by atoms with E-state index in [-0.39, 0.29) is 5.91 Å². The number of rotatable bonds is 6. The number of benzene rings is 1. The van der Waals surface area contributed by atoms with Crippen molar-refractivity contribution in [2.75, 3.05) is 6.54 Å². The van der Waals surface area contributed by atoms with E-state index in [1.807, 2.05) is 0 Å². The molecule has 0 heterocycles. The molecule has 21 heavy (non-hydrogen) atoms. The Morgan fingerprint density at radius 3 is 3.10 bits per heavy atom. The first-order valence-corrected chi connectivity index (χ1v) is 8.73. The number of aryl methyl sites for hydroxylation is 1. The van der Waals surface area contributed by atoms with Crippen molar-refractivity contribution in [1.29, 1.82) is 0 Å². The van der Waals surface area contributed by atoms with Crippen molar-refractivity contribution in [3.63, 3.8) is 0 Å². The van der Waals surface area contributed by atoms with E-state index >= 15 is 0 Å². The lowest BCUT2D eigenvalue weighted by Gasteiger charge is -2.26. The number of carbonyl (C=O) groups is 1. The van der Waals surface area contributed by atoms with Crippen LogP contribution in [0, 0.1) is 0 Å². The molecule has 1 atom stereocenters. The summed E-state index contributed by atoms with van der Waals surface area (Å²) in [5.41, 5.74) is 3.06. The van der Waals surface area contributed by atoms with Crippen molar-refractivity contribution in [2.24, 2.45) is 0 Å². The van der Waals surface area contributed by atoms with Crippen LogP contribution in [0.3, 0.4) is 0 Å². The van der Waals surface area contributed by atoms with Crippen LogP contribution in [0.4, 0.5) is 0 Å². The molecule has 1 unspecified atom stereocenters. The minimum Gasteiger partial charge on any atom is -0.356 e. The molecule has 1 aliphatic rings. The second kappa shape index (κ2) is 8.28. The standard InChI is InChI=1S/C18H25NOS/c1-3-12-21-17-10-9-16-7-4-6-15(18(16)13-17)8-5-11-19-14(2)20/h3,9-10,12-13,15H,4-8,11H2,1-2H3,(H,19,20). The van der Waals surface area contributed by atoms with Crippen molar-refractivity contribution < 1.29 is 4.79 Å². The highest BCUT2D eigenvalue weighted by molar-refractivity contribution is 8.02. The van der Waals surface area contributed by atoms with Gasteiger partial charge in [0, 0.05) is 18.4 Å². The van der Waals surface area contributed by atoms with Gasteiger partial charge in [-0.05, 0) is 73.6 Å². The van der Waals surface area contributed by atoms with Gasteiger partial charge in [-0.25, -0.2) is 0 Å². The third-order valence-corrected chi connectivity index (χ3v) is 4.93. The molecule has 2 rings (SSSR count). The van der Waals surface area contributed by atoms with Crippen LogP contribution in [0.25, 0.3) is 0 Å². The molecule has 1 aromatic rings. The molecule has 1 aromatic carbocycles. The van der Waals surface area contributed by atoms with Crippen molar-refractivity contribution in [3.8, 4) is 0 Å². The Balaban J connectivity index is 2.00. The summed E-state index contributed by atoms with van der Waals surface area (Å²) in [6.07, 6.45) is 8.10. The minimum atomic E-state index is 0.0732. The second-order valence-electron chi connectivity index (χ2n) is 5.66. The van der Waals surface area contributed by atoms with Gasteiger partial charge in [0.25, 0.3) is 0 Å². The van der Waals surface area contributed by atoms with Crippen LogP contribution in [-0.4, -0.2) is 12.5 Å². The fraction of sp³-hybridized carbons (Fsp3) is 0.500. The van der Waals surface area contributed by atoms with E-state index in [0.717, 1.165) is 13.0 Å². The van der Waals surface area contributed by atoms with E-state index < -0.39 is 0 Å². The first kappa shape index (κ1) is 16.2. The second-order valence-corrected chi connectivity index (χ2v) is 6.64. The summed E-state index contributed by atoms with van der Waals surface area (Å²) < 4.78 is 0. The Labute approximate surface area is 132 Å². The van der Waals surface area contributed by atoms with Crippen molar-refractivity contribution in [2.45, 2.75) is 56.8 Å². The van der Waals surface area contributed by atoms with Crippen molar-refractivity contribution >= 4 is 17.7 Å². The SMILES string of the molecule is CC=CSc1ccc2c(c1)C(CCCNC(C)=O)CCC2. The summed E-state index contributed by atoms with van der Waals surface area (Å²) in [6.45, 7) is 4.44. The highest BCUT2D eigenvalue weighted by atomic mass is 32.2. The Bertz CT molecular complexity index is 510. The molecule has 0 saturated heterocycles. The van der Waals surface area contributed by atoms with E-state index in [1.165, 1.54) is 36.1 Å². The molecule has 0 saturated carbocycles. The number of allylic oxidation sites excluding steroid dienone is 1. The van der Waals surface area contributed by atoms with Crippen molar-refractivity contribution in [1.82, 2.24) is 5.32 Å². The third-order valence-electron chi connectivity index (χ3n) is 4.00. The van der Waals surface area contributed by atoms with Gasteiger partial charge in [-0.1, -0.05) is 23.9 Å². The van der Waals surface area contributed by atoms with Gasteiger partial charge in [0.2, 0.25) is 5.91 Å². The maximum Gasteiger partial charge on any atom is 0.216 e. The summed E-state index contributed by atoms with van der Waals surface area (Å²) in [7, 11) is 0. The average Bonchev–Trinajstić information content (AvgIpc) is 2.49. The zero-order chi connectivity index (χ0) is 15.1. The molecule has 0 fully saturated rings. The maximum absolute atomic E-state index is 10.9. The topological polar surface area (TPSA) is 29.1 Å². The number of hydrogen-bond acceptors (Lipinski definition) is 2. The van der Waals surface area contributed by atoms with E-state index in [4.69, 9.17) is 0 Å². The monoisotopic (exact) mass is 303 g/mol. The van der Waals surface area contributed by atoms with E-state index in [1.54, 1.807) is 24.2 Å². The molecule has 0 bridgehead atoms. The fourth-order valence-corrected chi connectivity index (χ4v) is 3.64. The van der Waals surface area contributed by atoms with Crippen LogP contribution in [0.1, 0.15) is 56.6 Å².